The SMILES string of the molecule is CC1(C)[C@@H](N)[C@@H]1c1cnc[nH]1. The van der Waals surface area contributed by atoms with Gasteiger partial charge in [-0.05, 0) is 5.41 Å². The molecule has 3 heteroatoms. The first kappa shape index (κ1) is 6.85. The minimum Gasteiger partial charge on any atom is -0.348 e. The fraction of sp³-hybridized carbons (Fsp3) is 0.625. The van der Waals surface area contributed by atoms with Crippen molar-refractivity contribution in [2.75, 3.05) is 0 Å². The summed E-state index contributed by atoms with van der Waals surface area (Å²) in [6, 6.07) is 0.294. The molecule has 1 aromatic heterocycles. The first-order valence-electron chi connectivity index (χ1n) is 3.88. The van der Waals surface area contributed by atoms with Crippen molar-refractivity contribution < 1.29 is 0 Å². The van der Waals surface area contributed by atoms with Crippen LogP contribution in [0.15, 0.2) is 12.5 Å². The lowest BCUT2D eigenvalue weighted by Crippen LogP contribution is -2.06. The van der Waals surface area contributed by atoms with Crippen LogP contribution >= 0.6 is 0 Å². The van der Waals surface area contributed by atoms with Crippen LogP contribution in [0.4, 0.5) is 0 Å². The number of aromatic nitrogens is 2. The molecule has 3 nitrogen and oxygen atoms in total. The summed E-state index contributed by atoms with van der Waals surface area (Å²) in [5.74, 6) is 0.477. The van der Waals surface area contributed by atoms with Gasteiger partial charge in [-0.15, -0.1) is 0 Å². The van der Waals surface area contributed by atoms with Gasteiger partial charge in [-0.3, -0.25) is 0 Å². The van der Waals surface area contributed by atoms with Gasteiger partial charge in [-0.2, -0.15) is 0 Å². The summed E-state index contributed by atoms with van der Waals surface area (Å²) in [5, 5.41) is 0. The number of imidazole rings is 1. The third-order valence-corrected chi connectivity index (χ3v) is 2.77. The number of rotatable bonds is 1. The molecule has 1 heterocycles. The summed E-state index contributed by atoms with van der Waals surface area (Å²) in [7, 11) is 0. The summed E-state index contributed by atoms with van der Waals surface area (Å²) < 4.78 is 0. The van der Waals surface area contributed by atoms with Crippen LogP contribution in [0.3, 0.4) is 0 Å². The van der Waals surface area contributed by atoms with E-state index in [1.807, 2.05) is 6.20 Å². The lowest BCUT2D eigenvalue weighted by atomic mass is 10.1. The van der Waals surface area contributed by atoms with Gasteiger partial charge < -0.3 is 10.7 Å². The molecule has 1 saturated carbocycles. The summed E-state index contributed by atoms with van der Waals surface area (Å²) in [4.78, 5) is 7.07. The Labute approximate surface area is 66.0 Å². The van der Waals surface area contributed by atoms with Crippen molar-refractivity contribution in [2.24, 2.45) is 11.1 Å². The molecule has 1 aliphatic rings. The molecule has 0 amide bonds. The molecule has 2 rings (SSSR count). The molecule has 0 radical (unpaired) electrons. The monoisotopic (exact) mass is 151 g/mol. The maximum absolute atomic E-state index is 5.89. The quantitative estimate of drug-likeness (QED) is 0.625. The van der Waals surface area contributed by atoms with Crippen molar-refractivity contribution in [2.45, 2.75) is 25.8 Å². The van der Waals surface area contributed by atoms with Crippen molar-refractivity contribution >= 4 is 0 Å². The van der Waals surface area contributed by atoms with E-state index >= 15 is 0 Å². The van der Waals surface area contributed by atoms with Crippen LogP contribution in [0.25, 0.3) is 0 Å². The average Bonchev–Trinajstić information content (AvgIpc) is 2.40. The first-order valence-corrected chi connectivity index (χ1v) is 3.88. The Hall–Kier alpha value is -0.830. The van der Waals surface area contributed by atoms with Gasteiger partial charge in [0.15, 0.2) is 0 Å². The fourth-order valence-electron chi connectivity index (χ4n) is 1.71. The summed E-state index contributed by atoms with van der Waals surface area (Å²) in [6.07, 6.45) is 3.57. The molecule has 1 aliphatic carbocycles. The van der Waals surface area contributed by atoms with Gasteiger partial charge in [-0.1, -0.05) is 13.8 Å². The third kappa shape index (κ3) is 0.807. The Bertz CT molecular complexity index is 250. The molecule has 1 fully saturated rings. The maximum Gasteiger partial charge on any atom is 0.0921 e. The number of aromatic amines is 1. The molecular weight excluding hydrogens is 138 g/mol. The van der Waals surface area contributed by atoms with E-state index in [1.165, 1.54) is 5.69 Å². The Balaban J connectivity index is 2.23. The zero-order chi connectivity index (χ0) is 8.06. The first-order chi connectivity index (χ1) is 5.14. The van der Waals surface area contributed by atoms with Gasteiger partial charge in [0.2, 0.25) is 0 Å². The smallest absolute Gasteiger partial charge is 0.0921 e. The molecule has 0 aliphatic heterocycles. The summed E-state index contributed by atoms with van der Waals surface area (Å²) >= 11 is 0. The van der Waals surface area contributed by atoms with Crippen molar-refractivity contribution in [3.63, 3.8) is 0 Å². The largest absolute Gasteiger partial charge is 0.348 e. The maximum atomic E-state index is 5.89. The van der Waals surface area contributed by atoms with Crippen LogP contribution in [0.5, 0.6) is 0 Å². The molecule has 2 atom stereocenters. The molecule has 0 aromatic carbocycles. The van der Waals surface area contributed by atoms with Crippen LogP contribution in [0.2, 0.25) is 0 Å². The van der Waals surface area contributed by atoms with E-state index in [2.05, 4.69) is 23.8 Å². The predicted molar refractivity (Wildman–Crippen MR) is 43.1 cm³/mol. The Morgan fingerprint density at radius 1 is 1.64 bits per heavy atom. The number of hydrogen-bond acceptors (Lipinski definition) is 2. The van der Waals surface area contributed by atoms with Gasteiger partial charge in [-0.25, -0.2) is 4.98 Å². The van der Waals surface area contributed by atoms with E-state index < -0.39 is 0 Å². The van der Waals surface area contributed by atoms with Crippen molar-refractivity contribution in [1.82, 2.24) is 9.97 Å². The highest BCUT2D eigenvalue weighted by molar-refractivity contribution is 5.27. The molecule has 1 aromatic rings. The van der Waals surface area contributed by atoms with Crippen LogP contribution in [0, 0.1) is 5.41 Å². The highest BCUT2D eigenvalue weighted by atomic mass is 14.9. The normalized spacial score (nSPS) is 33.7. The average molecular weight is 151 g/mol. The van der Waals surface area contributed by atoms with Crippen LogP contribution in [-0.2, 0) is 0 Å². The molecule has 0 saturated heterocycles. The minimum absolute atomic E-state index is 0.256. The van der Waals surface area contributed by atoms with Gasteiger partial charge >= 0.3 is 0 Å². The zero-order valence-corrected chi connectivity index (χ0v) is 6.83. The molecular formula is C8H13N3. The Morgan fingerprint density at radius 2 is 2.27 bits per heavy atom. The predicted octanol–water partition coefficient (Wildman–Crippen LogP) is 0.860. The Kier molecular flexibility index (Phi) is 1.16. The van der Waals surface area contributed by atoms with Crippen molar-refractivity contribution in [3.05, 3.63) is 18.2 Å². The molecule has 11 heavy (non-hydrogen) atoms. The standard InChI is InChI=1S/C8H13N3/c1-8(2)6(7(8)9)5-3-10-4-11-5/h3-4,6-7H,9H2,1-2H3,(H,10,11)/t6-,7-/m0/s1. The minimum atomic E-state index is 0.256. The summed E-state index contributed by atoms with van der Waals surface area (Å²) in [5.41, 5.74) is 7.31. The fourth-order valence-corrected chi connectivity index (χ4v) is 1.71. The third-order valence-electron chi connectivity index (χ3n) is 2.77. The van der Waals surface area contributed by atoms with Gasteiger partial charge in [0.1, 0.15) is 0 Å². The van der Waals surface area contributed by atoms with Gasteiger partial charge in [0.25, 0.3) is 0 Å². The molecule has 60 valence electrons. The van der Waals surface area contributed by atoms with E-state index in [1.54, 1.807) is 6.33 Å². The van der Waals surface area contributed by atoms with Gasteiger partial charge in [0, 0.05) is 23.9 Å². The topological polar surface area (TPSA) is 54.7 Å². The van der Waals surface area contributed by atoms with E-state index in [0.717, 1.165) is 0 Å². The van der Waals surface area contributed by atoms with Crippen molar-refractivity contribution in [3.8, 4) is 0 Å². The summed E-state index contributed by atoms with van der Waals surface area (Å²) in [6.45, 7) is 4.37. The van der Waals surface area contributed by atoms with Crippen LogP contribution in [0.1, 0.15) is 25.5 Å². The van der Waals surface area contributed by atoms with Crippen LogP contribution < -0.4 is 5.73 Å². The molecule has 0 unspecified atom stereocenters. The van der Waals surface area contributed by atoms with E-state index in [9.17, 15) is 0 Å². The highest BCUT2D eigenvalue weighted by Gasteiger charge is 2.56. The lowest BCUT2D eigenvalue weighted by Gasteiger charge is -1.97. The lowest BCUT2D eigenvalue weighted by molar-refractivity contribution is 0.596. The molecule has 3 N–H and O–H groups in total. The number of nitrogens with two attached hydrogens (primary N) is 1. The molecule has 0 spiro atoms. The van der Waals surface area contributed by atoms with Gasteiger partial charge in [0.05, 0.1) is 6.33 Å². The highest BCUT2D eigenvalue weighted by Crippen LogP contribution is 2.56. The second-order valence-electron chi connectivity index (χ2n) is 3.83. The molecule has 0 bridgehead atoms. The van der Waals surface area contributed by atoms with E-state index in [4.69, 9.17) is 5.73 Å². The number of nitrogens with one attached hydrogen (secondary N) is 1. The van der Waals surface area contributed by atoms with Crippen LogP contribution in [-0.4, -0.2) is 16.0 Å². The Morgan fingerprint density at radius 3 is 2.64 bits per heavy atom. The van der Waals surface area contributed by atoms with E-state index in [0.29, 0.717) is 12.0 Å². The zero-order valence-electron chi connectivity index (χ0n) is 6.83. The number of hydrogen-bond donors (Lipinski definition) is 2. The van der Waals surface area contributed by atoms with Crippen molar-refractivity contribution in [1.29, 1.82) is 0 Å². The second kappa shape index (κ2) is 1.85. The second-order valence-corrected chi connectivity index (χ2v) is 3.83. The number of nitrogens with zero attached hydrogens (tertiary/aromatic N) is 1. The number of H-pyrrole nitrogens is 1. The van der Waals surface area contributed by atoms with E-state index in [-0.39, 0.29) is 5.41 Å².